The number of benzene rings is 2. The van der Waals surface area contributed by atoms with Crippen LogP contribution >= 0.6 is 11.6 Å². The molecule has 0 bridgehead atoms. The smallest absolute Gasteiger partial charge is 0.337 e. The normalized spacial score (nSPS) is 15.7. The van der Waals surface area contributed by atoms with Gasteiger partial charge in [-0.3, -0.25) is 9.59 Å². The first-order valence-corrected chi connectivity index (χ1v) is 9.51. The van der Waals surface area contributed by atoms with Crippen LogP contribution in [0.15, 0.2) is 45.6 Å². The highest BCUT2D eigenvalue weighted by Gasteiger charge is 2.42. The number of halogens is 1. The first kappa shape index (κ1) is 19.2. The lowest BCUT2D eigenvalue weighted by molar-refractivity contribution is 0.0600. The SMILES string of the molecule is CCN1C(=O)c2oc3cc(C)c(Cl)cc3c(=O)c2C1c1ccc(C(=O)OC)cc1. The number of nitrogens with zero attached hydrogens (tertiary/aromatic N) is 1. The lowest BCUT2D eigenvalue weighted by atomic mass is 9.97. The topological polar surface area (TPSA) is 76.8 Å². The maximum Gasteiger partial charge on any atom is 0.337 e. The second kappa shape index (κ2) is 7.04. The minimum absolute atomic E-state index is 0.0492. The van der Waals surface area contributed by atoms with Gasteiger partial charge in [-0.25, -0.2) is 4.79 Å². The van der Waals surface area contributed by atoms with Crippen LogP contribution in [0, 0.1) is 6.92 Å². The summed E-state index contributed by atoms with van der Waals surface area (Å²) in [6.07, 6.45) is 0. The zero-order chi connectivity index (χ0) is 20.9. The molecule has 2 heterocycles. The number of carbonyl (C=O) groups excluding carboxylic acids is 2. The van der Waals surface area contributed by atoms with Crippen molar-refractivity contribution in [1.29, 1.82) is 0 Å². The Bertz CT molecular complexity index is 1210. The summed E-state index contributed by atoms with van der Waals surface area (Å²) in [6.45, 7) is 4.04. The van der Waals surface area contributed by atoms with Crippen LogP contribution in [-0.4, -0.2) is 30.4 Å². The molecule has 0 radical (unpaired) electrons. The minimum atomic E-state index is -0.602. The van der Waals surface area contributed by atoms with Gasteiger partial charge < -0.3 is 14.1 Å². The van der Waals surface area contributed by atoms with Crippen molar-refractivity contribution in [3.63, 3.8) is 0 Å². The molecule has 0 spiro atoms. The fourth-order valence-electron chi connectivity index (χ4n) is 3.73. The number of aryl methyl sites for hydroxylation is 1. The molecular formula is C22H18ClNO5. The molecule has 0 saturated heterocycles. The van der Waals surface area contributed by atoms with Gasteiger partial charge in [0.05, 0.1) is 29.7 Å². The zero-order valence-corrected chi connectivity index (χ0v) is 16.9. The van der Waals surface area contributed by atoms with E-state index in [1.807, 2.05) is 6.92 Å². The summed E-state index contributed by atoms with van der Waals surface area (Å²) in [5.41, 5.74) is 2.19. The third kappa shape index (κ3) is 2.91. The van der Waals surface area contributed by atoms with Crippen LogP contribution in [0.5, 0.6) is 0 Å². The number of esters is 1. The van der Waals surface area contributed by atoms with Gasteiger partial charge in [0, 0.05) is 11.6 Å². The Morgan fingerprint density at radius 3 is 2.52 bits per heavy atom. The zero-order valence-electron chi connectivity index (χ0n) is 16.1. The van der Waals surface area contributed by atoms with Crippen LogP contribution in [0.2, 0.25) is 5.02 Å². The molecule has 29 heavy (non-hydrogen) atoms. The average Bonchev–Trinajstić information content (AvgIpc) is 3.01. The monoisotopic (exact) mass is 411 g/mol. The van der Waals surface area contributed by atoms with Crippen molar-refractivity contribution in [2.75, 3.05) is 13.7 Å². The number of hydrogen-bond donors (Lipinski definition) is 0. The van der Waals surface area contributed by atoms with Gasteiger partial charge in [-0.2, -0.15) is 0 Å². The highest BCUT2D eigenvalue weighted by molar-refractivity contribution is 6.32. The Morgan fingerprint density at radius 2 is 1.90 bits per heavy atom. The van der Waals surface area contributed by atoms with E-state index < -0.39 is 12.0 Å². The molecule has 1 atom stereocenters. The van der Waals surface area contributed by atoms with E-state index >= 15 is 0 Å². The largest absolute Gasteiger partial charge is 0.465 e. The van der Waals surface area contributed by atoms with Gasteiger partial charge in [0.1, 0.15) is 5.58 Å². The van der Waals surface area contributed by atoms with E-state index in [2.05, 4.69) is 0 Å². The predicted molar refractivity (Wildman–Crippen MR) is 109 cm³/mol. The highest BCUT2D eigenvalue weighted by Crippen LogP contribution is 2.38. The molecular weight excluding hydrogens is 394 g/mol. The molecule has 1 amide bonds. The van der Waals surface area contributed by atoms with E-state index in [0.717, 1.165) is 5.56 Å². The second-order valence-electron chi connectivity index (χ2n) is 6.88. The third-order valence-electron chi connectivity index (χ3n) is 5.24. The van der Waals surface area contributed by atoms with Crippen LogP contribution in [0.1, 0.15) is 50.6 Å². The van der Waals surface area contributed by atoms with Gasteiger partial charge in [-0.1, -0.05) is 23.7 Å². The van der Waals surface area contributed by atoms with Gasteiger partial charge in [-0.15, -0.1) is 0 Å². The van der Waals surface area contributed by atoms with Crippen LogP contribution in [0.25, 0.3) is 11.0 Å². The summed E-state index contributed by atoms with van der Waals surface area (Å²) >= 11 is 6.21. The molecule has 2 aromatic carbocycles. The molecule has 0 N–H and O–H groups in total. The third-order valence-corrected chi connectivity index (χ3v) is 5.64. The van der Waals surface area contributed by atoms with Crippen molar-refractivity contribution in [1.82, 2.24) is 4.90 Å². The summed E-state index contributed by atoms with van der Waals surface area (Å²) in [5.74, 6) is -0.744. The maximum absolute atomic E-state index is 13.3. The van der Waals surface area contributed by atoms with Crippen molar-refractivity contribution in [3.8, 4) is 0 Å². The Hall–Kier alpha value is -3.12. The summed E-state index contributed by atoms with van der Waals surface area (Å²) < 4.78 is 10.6. The van der Waals surface area contributed by atoms with Crippen molar-refractivity contribution >= 4 is 34.4 Å². The number of amides is 1. The first-order chi connectivity index (χ1) is 13.9. The summed E-state index contributed by atoms with van der Waals surface area (Å²) in [7, 11) is 1.31. The van der Waals surface area contributed by atoms with E-state index in [1.54, 1.807) is 48.2 Å². The van der Waals surface area contributed by atoms with Crippen molar-refractivity contribution in [3.05, 3.63) is 79.7 Å². The van der Waals surface area contributed by atoms with Gasteiger partial charge >= 0.3 is 5.97 Å². The summed E-state index contributed by atoms with van der Waals surface area (Å²) in [4.78, 5) is 39.6. The fraction of sp³-hybridized carbons (Fsp3) is 0.227. The minimum Gasteiger partial charge on any atom is -0.465 e. The van der Waals surface area contributed by atoms with E-state index in [4.69, 9.17) is 20.8 Å². The Morgan fingerprint density at radius 1 is 1.21 bits per heavy atom. The number of carbonyl (C=O) groups is 2. The number of hydrogen-bond acceptors (Lipinski definition) is 5. The van der Waals surface area contributed by atoms with Gasteiger partial charge in [-0.05, 0) is 49.2 Å². The maximum atomic E-state index is 13.3. The Balaban J connectivity index is 1.94. The van der Waals surface area contributed by atoms with Crippen LogP contribution in [0.4, 0.5) is 0 Å². The lowest BCUT2D eigenvalue weighted by Gasteiger charge is -2.23. The molecule has 7 heteroatoms. The molecule has 4 rings (SSSR count). The standard InChI is InChI=1S/C22H18ClNO5/c1-4-24-18(12-5-7-13(8-6-12)22(27)28-3)17-19(25)14-10-15(23)11(2)9-16(14)29-20(17)21(24)26/h5-10,18H,4H2,1-3H3. The van der Waals surface area contributed by atoms with Crippen LogP contribution in [-0.2, 0) is 4.74 Å². The summed E-state index contributed by atoms with van der Waals surface area (Å²) in [6, 6.07) is 9.30. The van der Waals surface area contributed by atoms with Crippen molar-refractivity contribution in [2.24, 2.45) is 0 Å². The Labute approximate surface area is 171 Å². The van der Waals surface area contributed by atoms with Crippen molar-refractivity contribution in [2.45, 2.75) is 19.9 Å². The van der Waals surface area contributed by atoms with E-state index in [1.165, 1.54) is 7.11 Å². The van der Waals surface area contributed by atoms with E-state index in [0.29, 0.717) is 33.7 Å². The fourth-order valence-corrected chi connectivity index (χ4v) is 3.90. The lowest BCUT2D eigenvalue weighted by Crippen LogP contribution is -2.29. The van der Waals surface area contributed by atoms with Gasteiger partial charge in [0.2, 0.25) is 5.76 Å². The molecule has 6 nitrogen and oxygen atoms in total. The molecule has 1 aliphatic heterocycles. The van der Waals surface area contributed by atoms with Crippen LogP contribution < -0.4 is 5.43 Å². The average molecular weight is 412 g/mol. The summed E-state index contributed by atoms with van der Waals surface area (Å²) in [5, 5.41) is 0.793. The highest BCUT2D eigenvalue weighted by atomic mass is 35.5. The molecule has 0 fully saturated rings. The van der Waals surface area contributed by atoms with E-state index in [-0.39, 0.29) is 22.7 Å². The molecule has 0 aliphatic carbocycles. The molecule has 1 unspecified atom stereocenters. The Kier molecular flexibility index (Phi) is 4.67. The molecule has 1 aromatic heterocycles. The first-order valence-electron chi connectivity index (χ1n) is 9.13. The van der Waals surface area contributed by atoms with E-state index in [9.17, 15) is 14.4 Å². The number of ether oxygens (including phenoxy) is 1. The van der Waals surface area contributed by atoms with Gasteiger partial charge in [0.25, 0.3) is 5.91 Å². The molecule has 0 saturated carbocycles. The molecule has 1 aliphatic rings. The molecule has 3 aromatic rings. The predicted octanol–water partition coefficient (Wildman–Crippen LogP) is 4.11. The van der Waals surface area contributed by atoms with Crippen molar-refractivity contribution < 1.29 is 18.7 Å². The number of fused-ring (bicyclic) bond motifs is 2. The van der Waals surface area contributed by atoms with Gasteiger partial charge in [0.15, 0.2) is 5.43 Å². The number of methoxy groups -OCH3 is 1. The molecule has 148 valence electrons. The quantitative estimate of drug-likeness (QED) is 0.606. The number of rotatable bonds is 3. The second-order valence-corrected chi connectivity index (χ2v) is 7.29. The van der Waals surface area contributed by atoms with Crippen LogP contribution in [0.3, 0.4) is 0 Å².